The fourth-order valence-corrected chi connectivity index (χ4v) is 1.81. The van der Waals surface area contributed by atoms with E-state index in [1.165, 1.54) is 21.4 Å². The molecule has 0 aliphatic heterocycles. The highest BCUT2D eigenvalue weighted by Gasteiger charge is 1.90. The lowest BCUT2D eigenvalue weighted by molar-refractivity contribution is 0.993. The Kier molecular flexibility index (Phi) is 5.62. The number of rotatable bonds is 5. The summed E-state index contributed by atoms with van der Waals surface area (Å²) >= 11 is 4.21. The first kappa shape index (κ1) is 11.2. The second-order valence-corrected chi connectivity index (χ2v) is 5.01. The third-order valence-corrected chi connectivity index (χ3v) is 3.11. The van der Waals surface area contributed by atoms with Gasteiger partial charge in [0.15, 0.2) is 0 Å². The Hall–Kier alpha value is 0.1000. The van der Waals surface area contributed by atoms with E-state index >= 15 is 0 Å². The zero-order valence-corrected chi connectivity index (χ0v) is 10.7. The molecule has 0 aromatic heterocycles. The molecule has 0 saturated carbocycles. The molecule has 0 unspecified atom stereocenters. The molecule has 0 heterocycles. The van der Waals surface area contributed by atoms with Crippen molar-refractivity contribution in [3.63, 3.8) is 0 Å². The lowest BCUT2D eigenvalue weighted by Gasteiger charge is -2.05. The highest BCUT2D eigenvalue weighted by molar-refractivity contribution is 14.1. The summed E-state index contributed by atoms with van der Waals surface area (Å²) in [7, 11) is 0. The van der Waals surface area contributed by atoms with Crippen LogP contribution in [0.1, 0.15) is 6.42 Å². The summed E-state index contributed by atoms with van der Waals surface area (Å²) in [6.45, 7) is 1.07. The summed E-state index contributed by atoms with van der Waals surface area (Å²) in [6.07, 6.45) is 3.37. The molecule has 1 nitrogen and oxygen atoms in total. The van der Waals surface area contributed by atoms with Gasteiger partial charge in [-0.15, -0.1) is 0 Å². The van der Waals surface area contributed by atoms with Gasteiger partial charge in [0.05, 0.1) is 0 Å². The molecule has 0 atom stereocenters. The van der Waals surface area contributed by atoms with Crippen LogP contribution >= 0.6 is 34.4 Å². The summed E-state index contributed by atoms with van der Waals surface area (Å²) in [6, 6.07) is 8.50. The first-order chi connectivity index (χ1) is 6.33. The third kappa shape index (κ3) is 4.76. The van der Waals surface area contributed by atoms with Crippen LogP contribution in [0.3, 0.4) is 0 Å². The van der Waals surface area contributed by atoms with Gasteiger partial charge in [-0.25, -0.2) is 0 Å². The molecule has 13 heavy (non-hydrogen) atoms. The smallest absolute Gasteiger partial charge is 0.0340 e. The molecule has 0 fully saturated rings. The van der Waals surface area contributed by atoms with Crippen molar-refractivity contribution >= 4 is 40.0 Å². The van der Waals surface area contributed by atoms with Gasteiger partial charge in [-0.2, -0.15) is 11.8 Å². The van der Waals surface area contributed by atoms with Gasteiger partial charge < -0.3 is 5.32 Å². The van der Waals surface area contributed by atoms with Crippen LogP contribution < -0.4 is 5.32 Å². The Bertz CT molecular complexity index is 235. The number of hydrogen-bond acceptors (Lipinski definition) is 2. The van der Waals surface area contributed by atoms with Gasteiger partial charge in [-0.1, -0.05) is 0 Å². The Balaban J connectivity index is 2.25. The zero-order chi connectivity index (χ0) is 9.52. The van der Waals surface area contributed by atoms with Crippen LogP contribution in [0.2, 0.25) is 0 Å². The summed E-state index contributed by atoms with van der Waals surface area (Å²) in [5, 5.41) is 3.39. The number of nitrogens with one attached hydrogen (secondary N) is 1. The molecule has 0 aliphatic carbocycles. The van der Waals surface area contributed by atoms with Crippen LogP contribution in [0.4, 0.5) is 5.69 Å². The van der Waals surface area contributed by atoms with E-state index in [1.54, 1.807) is 0 Å². The van der Waals surface area contributed by atoms with Crippen molar-refractivity contribution in [2.45, 2.75) is 6.42 Å². The van der Waals surface area contributed by atoms with E-state index in [2.05, 4.69) is 58.4 Å². The van der Waals surface area contributed by atoms with Gasteiger partial charge in [0.1, 0.15) is 0 Å². The summed E-state index contributed by atoms with van der Waals surface area (Å²) in [4.78, 5) is 0. The van der Waals surface area contributed by atoms with E-state index in [0.29, 0.717) is 0 Å². The van der Waals surface area contributed by atoms with Crippen LogP contribution in [0.15, 0.2) is 24.3 Å². The molecule has 0 saturated heterocycles. The molecule has 0 bridgehead atoms. The minimum Gasteiger partial charge on any atom is -0.385 e. The standard InChI is InChI=1S/C10H14INS/c1-13-8-2-7-12-10-5-3-9(11)4-6-10/h3-6,12H,2,7-8H2,1H3. The highest BCUT2D eigenvalue weighted by Crippen LogP contribution is 2.11. The second kappa shape index (κ2) is 6.54. The van der Waals surface area contributed by atoms with Gasteiger partial charge in [-0.05, 0) is 65.3 Å². The molecule has 0 aliphatic rings. The number of halogens is 1. The SMILES string of the molecule is CSCCCNc1ccc(I)cc1. The van der Waals surface area contributed by atoms with Gasteiger partial charge >= 0.3 is 0 Å². The molecule has 1 aromatic carbocycles. The Morgan fingerprint density at radius 2 is 2.00 bits per heavy atom. The van der Waals surface area contributed by atoms with Crippen molar-refractivity contribution in [1.82, 2.24) is 0 Å². The van der Waals surface area contributed by atoms with Gasteiger partial charge in [0, 0.05) is 15.8 Å². The molecule has 0 spiro atoms. The first-order valence-corrected chi connectivity index (χ1v) is 6.78. The largest absolute Gasteiger partial charge is 0.385 e. The predicted octanol–water partition coefficient (Wildman–Crippen LogP) is 3.46. The maximum atomic E-state index is 3.39. The molecule has 72 valence electrons. The number of thioether (sulfide) groups is 1. The minimum absolute atomic E-state index is 1.07. The Labute approximate surface area is 97.8 Å². The van der Waals surface area contributed by atoms with Crippen molar-refractivity contribution in [1.29, 1.82) is 0 Å². The zero-order valence-electron chi connectivity index (χ0n) is 7.72. The molecule has 1 rings (SSSR count). The fourth-order valence-electron chi connectivity index (χ4n) is 1.02. The third-order valence-electron chi connectivity index (χ3n) is 1.70. The molecule has 1 aromatic rings. The summed E-state index contributed by atoms with van der Waals surface area (Å²) in [5.74, 6) is 1.23. The molecule has 0 amide bonds. The molecular weight excluding hydrogens is 293 g/mol. The Morgan fingerprint density at radius 1 is 1.31 bits per heavy atom. The van der Waals surface area contributed by atoms with Crippen molar-refractivity contribution < 1.29 is 0 Å². The number of benzene rings is 1. The highest BCUT2D eigenvalue weighted by atomic mass is 127. The van der Waals surface area contributed by atoms with Gasteiger partial charge in [-0.3, -0.25) is 0 Å². The van der Waals surface area contributed by atoms with Gasteiger partial charge in [0.2, 0.25) is 0 Å². The fraction of sp³-hybridized carbons (Fsp3) is 0.400. The first-order valence-electron chi connectivity index (χ1n) is 4.31. The van der Waals surface area contributed by atoms with Gasteiger partial charge in [0.25, 0.3) is 0 Å². The van der Waals surface area contributed by atoms with E-state index in [9.17, 15) is 0 Å². The summed E-state index contributed by atoms with van der Waals surface area (Å²) < 4.78 is 1.28. The second-order valence-electron chi connectivity index (χ2n) is 2.78. The van der Waals surface area contributed by atoms with Crippen LogP contribution in [0.25, 0.3) is 0 Å². The lowest BCUT2D eigenvalue weighted by Crippen LogP contribution is -2.02. The maximum Gasteiger partial charge on any atom is 0.0340 e. The van der Waals surface area contributed by atoms with Crippen LogP contribution in [-0.2, 0) is 0 Å². The molecule has 0 radical (unpaired) electrons. The lowest BCUT2D eigenvalue weighted by atomic mass is 10.3. The van der Waals surface area contributed by atoms with E-state index in [1.807, 2.05) is 11.8 Å². The van der Waals surface area contributed by atoms with E-state index < -0.39 is 0 Å². The Morgan fingerprint density at radius 3 is 2.62 bits per heavy atom. The monoisotopic (exact) mass is 307 g/mol. The van der Waals surface area contributed by atoms with Crippen LogP contribution in [0, 0.1) is 3.57 Å². The van der Waals surface area contributed by atoms with Crippen molar-refractivity contribution in [2.24, 2.45) is 0 Å². The van der Waals surface area contributed by atoms with Crippen molar-refractivity contribution in [3.8, 4) is 0 Å². The topological polar surface area (TPSA) is 12.0 Å². The van der Waals surface area contributed by atoms with Crippen molar-refractivity contribution in [2.75, 3.05) is 23.9 Å². The quantitative estimate of drug-likeness (QED) is 0.660. The minimum atomic E-state index is 1.07. The van der Waals surface area contributed by atoms with Crippen LogP contribution in [-0.4, -0.2) is 18.6 Å². The van der Waals surface area contributed by atoms with E-state index in [0.717, 1.165) is 6.54 Å². The molecular formula is C10H14INS. The van der Waals surface area contributed by atoms with Crippen LogP contribution in [0.5, 0.6) is 0 Å². The molecule has 1 N–H and O–H groups in total. The normalized spacial score (nSPS) is 10.0. The number of hydrogen-bond donors (Lipinski definition) is 1. The average molecular weight is 307 g/mol. The van der Waals surface area contributed by atoms with E-state index in [4.69, 9.17) is 0 Å². The maximum absolute atomic E-state index is 3.39. The average Bonchev–Trinajstić information content (AvgIpc) is 2.15. The number of anilines is 1. The summed E-state index contributed by atoms with van der Waals surface area (Å²) in [5.41, 5.74) is 1.22. The molecule has 3 heteroatoms. The van der Waals surface area contributed by atoms with Crippen molar-refractivity contribution in [3.05, 3.63) is 27.8 Å². The predicted molar refractivity (Wildman–Crippen MR) is 70.6 cm³/mol. The van der Waals surface area contributed by atoms with E-state index in [-0.39, 0.29) is 0 Å².